The van der Waals surface area contributed by atoms with Crippen molar-refractivity contribution in [2.75, 3.05) is 34.4 Å². The van der Waals surface area contributed by atoms with E-state index in [0.717, 1.165) is 44.7 Å². The van der Waals surface area contributed by atoms with Crippen LogP contribution in [0.1, 0.15) is 49.7 Å². The molecule has 1 aliphatic rings. The Morgan fingerprint density at radius 3 is 2.52 bits per heavy atom. The minimum Gasteiger partial charge on any atom is -0.385 e. The van der Waals surface area contributed by atoms with Gasteiger partial charge in [-0.3, -0.25) is 9.89 Å². The molecule has 6 heteroatoms. The molecular weight excluding hydrogens is 451 g/mol. The van der Waals surface area contributed by atoms with Gasteiger partial charge in [0.25, 0.3) is 0 Å². The van der Waals surface area contributed by atoms with Crippen LogP contribution in [-0.4, -0.2) is 51.3 Å². The molecule has 1 aliphatic carbocycles. The molecule has 1 fully saturated rings. The van der Waals surface area contributed by atoms with Crippen molar-refractivity contribution in [2.45, 2.75) is 57.7 Å². The molecule has 5 nitrogen and oxygen atoms in total. The van der Waals surface area contributed by atoms with E-state index in [2.05, 4.69) is 51.8 Å². The molecular formula is C21H37IN4O. The molecule has 27 heavy (non-hydrogen) atoms. The second kappa shape index (κ2) is 14.2. The van der Waals surface area contributed by atoms with Crippen molar-refractivity contribution in [2.24, 2.45) is 4.99 Å². The van der Waals surface area contributed by atoms with Crippen LogP contribution in [0, 0.1) is 0 Å². The van der Waals surface area contributed by atoms with Gasteiger partial charge in [-0.1, -0.05) is 43.5 Å². The summed E-state index contributed by atoms with van der Waals surface area (Å²) in [7, 11) is 5.82. The van der Waals surface area contributed by atoms with Crippen LogP contribution in [0.3, 0.4) is 0 Å². The van der Waals surface area contributed by atoms with E-state index in [1.54, 1.807) is 7.11 Å². The molecule has 0 unspecified atom stereocenters. The van der Waals surface area contributed by atoms with Crippen molar-refractivity contribution >= 4 is 29.9 Å². The maximum absolute atomic E-state index is 5.08. The van der Waals surface area contributed by atoms with Crippen molar-refractivity contribution in [3.05, 3.63) is 35.4 Å². The number of methoxy groups -OCH3 is 1. The summed E-state index contributed by atoms with van der Waals surface area (Å²) in [6.45, 7) is 3.43. The number of aliphatic imine (C=N–C) groups is 1. The van der Waals surface area contributed by atoms with E-state index < -0.39 is 0 Å². The lowest BCUT2D eigenvalue weighted by molar-refractivity contribution is 0.184. The van der Waals surface area contributed by atoms with E-state index in [9.17, 15) is 0 Å². The average Bonchev–Trinajstić information content (AvgIpc) is 2.69. The van der Waals surface area contributed by atoms with E-state index in [-0.39, 0.29) is 24.0 Å². The lowest BCUT2D eigenvalue weighted by atomic mass is 9.94. The molecule has 0 radical (unpaired) electrons. The minimum atomic E-state index is 0. The lowest BCUT2D eigenvalue weighted by Gasteiger charge is -2.31. The van der Waals surface area contributed by atoms with Gasteiger partial charge in [-0.05, 0) is 37.4 Å². The Morgan fingerprint density at radius 2 is 1.85 bits per heavy atom. The maximum atomic E-state index is 5.08. The molecule has 0 spiro atoms. The first kappa shape index (κ1) is 24.2. The second-order valence-electron chi connectivity index (χ2n) is 7.17. The summed E-state index contributed by atoms with van der Waals surface area (Å²) in [4.78, 5) is 6.85. The second-order valence-corrected chi connectivity index (χ2v) is 7.17. The number of ether oxygens (including phenoxy) is 1. The minimum absolute atomic E-state index is 0. The molecule has 0 aliphatic heterocycles. The number of rotatable bonds is 9. The average molecular weight is 488 g/mol. The molecule has 1 aromatic carbocycles. The van der Waals surface area contributed by atoms with E-state index >= 15 is 0 Å². The summed E-state index contributed by atoms with van der Waals surface area (Å²) >= 11 is 0. The van der Waals surface area contributed by atoms with Gasteiger partial charge < -0.3 is 15.4 Å². The van der Waals surface area contributed by atoms with Crippen molar-refractivity contribution in [1.82, 2.24) is 15.5 Å². The fraction of sp³-hybridized carbons (Fsp3) is 0.667. The standard InChI is InChI=1S/C21H36N4O.HI/c1-22-21(23-14-9-15-26-3)24-16-18-10-7-8-11-19(18)17-25(2)20-12-5-4-6-13-20;/h7-8,10-11,20H,4-6,9,12-17H2,1-3H3,(H2,22,23,24);1H. The van der Waals surface area contributed by atoms with Gasteiger partial charge in [0, 0.05) is 46.4 Å². The Bertz CT molecular complexity index is 547. The fourth-order valence-electron chi connectivity index (χ4n) is 3.63. The van der Waals surface area contributed by atoms with Crippen molar-refractivity contribution < 1.29 is 4.74 Å². The summed E-state index contributed by atoms with van der Waals surface area (Å²) in [5.41, 5.74) is 2.75. The number of benzene rings is 1. The topological polar surface area (TPSA) is 48.9 Å². The number of guanidine groups is 1. The van der Waals surface area contributed by atoms with E-state index in [4.69, 9.17) is 4.74 Å². The van der Waals surface area contributed by atoms with E-state index in [1.807, 2.05) is 7.05 Å². The zero-order chi connectivity index (χ0) is 18.6. The first-order valence-corrected chi connectivity index (χ1v) is 9.95. The van der Waals surface area contributed by atoms with E-state index in [1.165, 1.54) is 43.2 Å². The van der Waals surface area contributed by atoms with Crippen molar-refractivity contribution in [1.29, 1.82) is 0 Å². The summed E-state index contributed by atoms with van der Waals surface area (Å²) < 4.78 is 5.08. The Kier molecular flexibility index (Phi) is 12.7. The number of nitrogens with one attached hydrogen (secondary N) is 2. The highest BCUT2D eigenvalue weighted by molar-refractivity contribution is 14.0. The third-order valence-corrected chi connectivity index (χ3v) is 5.22. The number of nitrogens with zero attached hydrogens (tertiary/aromatic N) is 2. The van der Waals surface area contributed by atoms with Crippen LogP contribution in [0.4, 0.5) is 0 Å². The smallest absolute Gasteiger partial charge is 0.191 e. The first-order chi connectivity index (χ1) is 12.7. The molecule has 0 aromatic heterocycles. The molecule has 0 atom stereocenters. The normalized spacial score (nSPS) is 15.5. The van der Waals surface area contributed by atoms with Gasteiger partial charge in [0.2, 0.25) is 0 Å². The Labute approximate surface area is 182 Å². The largest absolute Gasteiger partial charge is 0.385 e. The van der Waals surface area contributed by atoms with Gasteiger partial charge in [0.15, 0.2) is 5.96 Å². The quantitative estimate of drug-likeness (QED) is 0.241. The van der Waals surface area contributed by atoms with Gasteiger partial charge in [-0.2, -0.15) is 0 Å². The molecule has 1 saturated carbocycles. The third kappa shape index (κ3) is 8.79. The predicted octanol–water partition coefficient (Wildman–Crippen LogP) is 3.77. The van der Waals surface area contributed by atoms with Gasteiger partial charge in [-0.15, -0.1) is 24.0 Å². The van der Waals surface area contributed by atoms with Crippen LogP contribution >= 0.6 is 24.0 Å². The Hall–Kier alpha value is -0.860. The fourth-order valence-corrected chi connectivity index (χ4v) is 3.63. The third-order valence-electron chi connectivity index (χ3n) is 5.22. The van der Waals surface area contributed by atoms with Crippen LogP contribution in [0.25, 0.3) is 0 Å². The molecule has 1 aromatic rings. The molecule has 2 rings (SSSR count). The molecule has 154 valence electrons. The molecule has 0 heterocycles. The molecule has 0 amide bonds. The highest BCUT2D eigenvalue weighted by Crippen LogP contribution is 2.23. The van der Waals surface area contributed by atoms with Crippen LogP contribution in [-0.2, 0) is 17.8 Å². The highest BCUT2D eigenvalue weighted by Gasteiger charge is 2.18. The SMILES string of the molecule is CN=C(NCCCOC)NCc1ccccc1CN(C)C1CCCCC1.I. The van der Waals surface area contributed by atoms with Gasteiger partial charge in [0.1, 0.15) is 0 Å². The Morgan fingerprint density at radius 1 is 1.15 bits per heavy atom. The van der Waals surface area contributed by atoms with Gasteiger partial charge >= 0.3 is 0 Å². The zero-order valence-corrected chi connectivity index (χ0v) is 19.5. The van der Waals surface area contributed by atoms with Gasteiger partial charge in [-0.25, -0.2) is 0 Å². The maximum Gasteiger partial charge on any atom is 0.191 e. The molecule has 2 N–H and O–H groups in total. The van der Waals surface area contributed by atoms with Crippen LogP contribution in [0.5, 0.6) is 0 Å². The first-order valence-electron chi connectivity index (χ1n) is 9.95. The summed E-state index contributed by atoms with van der Waals surface area (Å²) in [6, 6.07) is 9.47. The molecule has 0 bridgehead atoms. The highest BCUT2D eigenvalue weighted by atomic mass is 127. The van der Waals surface area contributed by atoms with Crippen LogP contribution < -0.4 is 10.6 Å². The number of hydrogen-bond donors (Lipinski definition) is 2. The van der Waals surface area contributed by atoms with Crippen molar-refractivity contribution in [3.63, 3.8) is 0 Å². The lowest BCUT2D eigenvalue weighted by Crippen LogP contribution is -2.38. The van der Waals surface area contributed by atoms with E-state index in [0.29, 0.717) is 0 Å². The number of halogens is 1. The monoisotopic (exact) mass is 488 g/mol. The van der Waals surface area contributed by atoms with Crippen LogP contribution in [0.2, 0.25) is 0 Å². The summed E-state index contributed by atoms with van der Waals surface area (Å²) in [5, 5.41) is 6.77. The van der Waals surface area contributed by atoms with Gasteiger partial charge in [0.05, 0.1) is 0 Å². The zero-order valence-electron chi connectivity index (χ0n) is 17.2. The predicted molar refractivity (Wildman–Crippen MR) is 125 cm³/mol. The molecule has 0 saturated heterocycles. The van der Waals surface area contributed by atoms with Crippen LogP contribution in [0.15, 0.2) is 29.3 Å². The summed E-state index contributed by atoms with van der Waals surface area (Å²) in [5.74, 6) is 0.844. The van der Waals surface area contributed by atoms with Crippen molar-refractivity contribution in [3.8, 4) is 0 Å². The summed E-state index contributed by atoms with van der Waals surface area (Å²) in [6.07, 6.45) is 7.82. The number of hydrogen-bond acceptors (Lipinski definition) is 3. The Balaban J connectivity index is 0.00000364.